The van der Waals surface area contributed by atoms with Crippen molar-refractivity contribution in [3.8, 4) is 5.75 Å². The number of rotatable bonds is 4. The summed E-state index contributed by atoms with van der Waals surface area (Å²) in [6.07, 6.45) is 2.78. The zero-order valence-electron chi connectivity index (χ0n) is 10.8. The zero-order valence-corrected chi connectivity index (χ0v) is 11.5. The summed E-state index contributed by atoms with van der Waals surface area (Å²) in [5, 5.41) is 0.558. The second-order valence-electron chi connectivity index (χ2n) is 4.97. The zero-order chi connectivity index (χ0) is 13.3. The predicted octanol–water partition coefficient (Wildman–Crippen LogP) is 2.97. The van der Waals surface area contributed by atoms with E-state index in [-0.39, 0.29) is 5.78 Å². The molecule has 1 saturated carbocycles. The summed E-state index contributed by atoms with van der Waals surface area (Å²) >= 11 is 6.04. The van der Waals surface area contributed by atoms with Crippen molar-refractivity contribution in [3.05, 3.63) is 28.3 Å². The minimum absolute atomic E-state index is 0.0682. The smallest absolute Gasteiger partial charge is 0.174 e. The minimum atomic E-state index is -0.398. The molecule has 0 aliphatic heterocycles. The van der Waals surface area contributed by atoms with Gasteiger partial charge in [-0.15, -0.1) is 0 Å². The third-order valence-electron chi connectivity index (χ3n) is 3.87. The number of carbonyl (C=O) groups is 1. The fourth-order valence-electron chi connectivity index (χ4n) is 2.58. The molecule has 0 atom stereocenters. The van der Waals surface area contributed by atoms with Crippen LogP contribution in [0.15, 0.2) is 12.1 Å². The standard InChI is InChI=1S/C14H18ClNO2/c1-9-6-10(15)7-11(12(9)18-2)13(17)14(8-16)4-3-5-14/h6-7H,3-5,8,16H2,1-2H3. The van der Waals surface area contributed by atoms with Gasteiger partial charge in [0.1, 0.15) is 5.75 Å². The molecule has 0 amide bonds. The number of ketones is 1. The molecule has 1 aromatic rings. The molecular formula is C14H18ClNO2. The van der Waals surface area contributed by atoms with Gasteiger partial charge in [0.05, 0.1) is 12.7 Å². The van der Waals surface area contributed by atoms with Gasteiger partial charge in [-0.1, -0.05) is 18.0 Å². The summed E-state index contributed by atoms with van der Waals surface area (Å²) in [4.78, 5) is 12.6. The van der Waals surface area contributed by atoms with Crippen molar-refractivity contribution in [1.29, 1.82) is 0 Å². The number of Topliss-reactive ketones (excluding diaryl/α,β-unsaturated/α-hetero) is 1. The number of hydrogen-bond donors (Lipinski definition) is 1. The van der Waals surface area contributed by atoms with Crippen LogP contribution in [0, 0.1) is 12.3 Å². The number of ether oxygens (including phenoxy) is 1. The highest BCUT2D eigenvalue weighted by Crippen LogP contribution is 2.44. The third kappa shape index (κ3) is 2.02. The number of carbonyl (C=O) groups excluding carboxylic acids is 1. The Labute approximate surface area is 112 Å². The first kappa shape index (κ1) is 13.4. The van der Waals surface area contributed by atoms with Gasteiger partial charge in [0.2, 0.25) is 0 Å². The largest absolute Gasteiger partial charge is 0.496 e. The van der Waals surface area contributed by atoms with Crippen LogP contribution in [0.1, 0.15) is 35.2 Å². The van der Waals surface area contributed by atoms with E-state index in [4.69, 9.17) is 22.1 Å². The molecule has 0 spiro atoms. The van der Waals surface area contributed by atoms with E-state index < -0.39 is 5.41 Å². The lowest BCUT2D eigenvalue weighted by molar-refractivity contribution is 0.0632. The normalized spacial score (nSPS) is 17.1. The lowest BCUT2D eigenvalue weighted by Crippen LogP contribution is -2.44. The summed E-state index contributed by atoms with van der Waals surface area (Å²) in [5.74, 6) is 0.683. The van der Waals surface area contributed by atoms with Gasteiger partial charge in [-0.25, -0.2) is 0 Å². The highest BCUT2D eigenvalue weighted by atomic mass is 35.5. The van der Waals surface area contributed by atoms with Crippen molar-refractivity contribution in [2.45, 2.75) is 26.2 Å². The van der Waals surface area contributed by atoms with Gasteiger partial charge in [0.15, 0.2) is 5.78 Å². The quantitative estimate of drug-likeness (QED) is 0.854. The summed E-state index contributed by atoms with van der Waals surface area (Å²) in [6.45, 7) is 2.28. The van der Waals surface area contributed by atoms with E-state index >= 15 is 0 Å². The summed E-state index contributed by atoms with van der Waals surface area (Å²) < 4.78 is 5.34. The molecule has 0 heterocycles. The van der Waals surface area contributed by atoms with Crippen LogP contribution in [0.4, 0.5) is 0 Å². The van der Waals surface area contributed by atoms with Crippen LogP contribution in [-0.2, 0) is 0 Å². The van der Waals surface area contributed by atoms with Crippen LogP contribution in [0.2, 0.25) is 5.02 Å². The lowest BCUT2D eigenvalue weighted by Gasteiger charge is -2.39. The van der Waals surface area contributed by atoms with E-state index in [9.17, 15) is 4.79 Å². The molecule has 1 fully saturated rings. The molecule has 0 aromatic heterocycles. The van der Waals surface area contributed by atoms with Crippen LogP contribution in [0.25, 0.3) is 0 Å². The molecular weight excluding hydrogens is 250 g/mol. The number of hydrogen-bond acceptors (Lipinski definition) is 3. The molecule has 3 nitrogen and oxygen atoms in total. The van der Waals surface area contributed by atoms with Gasteiger partial charge in [0, 0.05) is 17.0 Å². The fraction of sp³-hybridized carbons (Fsp3) is 0.500. The van der Waals surface area contributed by atoms with Crippen LogP contribution < -0.4 is 10.5 Å². The number of halogens is 1. The van der Waals surface area contributed by atoms with Gasteiger partial charge in [0.25, 0.3) is 0 Å². The Morgan fingerprint density at radius 3 is 2.61 bits per heavy atom. The molecule has 98 valence electrons. The monoisotopic (exact) mass is 267 g/mol. The van der Waals surface area contributed by atoms with Crippen LogP contribution in [-0.4, -0.2) is 19.4 Å². The van der Waals surface area contributed by atoms with E-state index in [1.807, 2.05) is 6.92 Å². The minimum Gasteiger partial charge on any atom is -0.496 e. The van der Waals surface area contributed by atoms with Crippen LogP contribution >= 0.6 is 11.6 Å². The molecule has 1 aliphatic carbocycles. The molecule has 1 aromatic carbocycles. The Kier molecular flexibility index (Phi) is 3.64. The van der Waals surface area contributed by atoms with Crippen molar-refractivity contribution in [1.82, 2.24) is 0 Å². The fourth-order valence-corrected chi connectivity index (χ4v) is 2.86. The molecule has 0 saturated heterocycles. The average molecular weight is 268 g/mol. The van der Waals surface area contributed by atoms with Crippen LogP contribution in [0.3, 0.4) is 0 Å². The Hall–Kier alpha value is -1.06. The van der Waals surface area contributed by atoms with Gasteiger partial charge in [-0.05, 0) is 37.5 Å². The van der Waals surface area contributed by atoms with Crippen molar-refractivity contribution < 1.29 is 9.53 Å². The molecule has 1 aliphatic rings. The van der Waals surface area contributed by atoms with Gasteiger partial charge < -0.3 is 10.5 Å². The summed E-state index contributed by atoms with van der Waals surface area (Å²) in [7, 11) is 1.57. The predicted molar refractivity (Wildman–Crippen MR) is 72.4 cm³/mol. The highest BCUT2D eigenvalue weighted by Gasteiger charge is 2.44. The number of methoxy groups -OCH3 is 1. The van der Waals surface area contributed by atoms with E-state index in [1.54, 1.807) is 19.2 Å². The molecule has 0 unspecified atom stereocenters. The number of aryl methyl sites for hydroxylation is 1. The molecule has 18 heavy (non-hydrogen) atoms. The highest BCUT2D eigenvalue weighted by molar-refractivity contribution is 6.31. The second kappa shape index (κ2) is 4.90. The Morgan fingerprint density at radius 1 is 1.50 bits per heavy atom. The Bertz CT molecular complexity index is 475. The van der Waals surface area contributed by atoms with Crippen LogP contribution in [0.5, 0.6) is 5.75 Å². The average Bonchev–Trinajstić information content (AvgIpc) is 2.27. The van der Waals surface area contributed by atoms with Crippen molar-refractivity contribution in [2.24, 2.45) is 11.1 Å². The third-order valence-corrected chi connectivity index (χ3v) is 4.09. The second-order valence-corrected chi connectivity index (χ2v) is 5.41. The maximum absolute atomic E-state index is 12.6. The summed E-state index contributed by atoms with van der Waals surface area (Å²) in [6, 6.07) is 3.48. The Morgan fingerprint density at radius 2 is 2.17 bits per heavy atom. The van der Waals surface area contributed by atoms with E-state index in [0.717, 1.165) is 24.8 Å². The van der Waals surface area contributed by atoms with E-state index in [1.165, 1.54) is 0 Å². The number of nitrogens with two attached hydrogens (primary N) is 1. The van der Waals surface area contributed by atoms with E-state index in [0.29, 0.717) is 22.9 Å². The maximum atomic E-state index is 12.6. The van der Waals surface area contributed by atoms with E-state index in [2.05, 4.69) is 0 Å². The topological polar surface area (TPSA) is 52.3 Å². The Balaban J connectivity index is 2.47. The first-order valence-corrected chi connectivity index (χ1v) is 6.51. The molecule has 2 N–H and O–H groups in total. The number of benzene rings is 1. The lowest BCUT2D eigenvalue weighted by atomic mass is 9.64. The first-order chi connectivity index (χ1) is 8.54. The molecule has 4 heteroatoms. The molecule has 2 rings (SSSR count). The van der Waals surface area contributed by atoms with Crippen molar-refractivity contribution >= 4 is 17.4 Å². The SMILES string of the molecule is COc1c(C)cc(Cl)cc1C(=O)C1(CN)CCC1. The van der Waals surface area contributed by atoms with Crippen molar-refractivity contribution in [3.63, 3.8) is 0 Å². The molecule has 0 radical (unpaired) electrons. The summed E-state index contributed by atoms with van der Waals surface area (Å²) in [5.41, 5.74) is 6.82. The van der Waals surface area contributed by atoms with Gasteiger partial charge in [-0.3, -0.25) is 4.79 Å². The molecule has 0 bridgehead atoms. The van der Waals surface area contributed by atoms with Gasteiger partial charge >= 0.3 is 0 Å². The van der Waals surface area contributed by atoms with Crippen molar-refractivity contribution in [2.75, 3.05) is 13.7 Å². The first-order valence-electron chi connectivity index (χ1n) is 6.13. The maximum Gasteiger partial charge on any atom is 0.174 e. The van der Waals surface area contributed by atoms with Gasteiger partial charge in [-0.2, -0.15) is 0 Å².